The van der Waals surface area contributed by atoms with Crippen molar-refractivity contribution in [3.63, 3.8) is 0 Å². The summed E-state index contributed by atoms with van der Waals surface area (Å²) in [7, 11) is 0. The Kier molecular flexibility index (Phi) is 4.95. The predicted octanol–water partition coefficient (Wildman–Crippen LogP) is 3.20. The number of amides is 1. The molecular weight excluding hydrogens is 264 g/mol. The van der Waals surface area contributed by atoms with Crippen molar-refractivity contribution in [3.05, 3.63) is 59.7 Å². The highest BCUT2D eigenvalue weighted by Gasteiger charge is 2.07. The van der Waals surface area contributed by atoms with Crippen molar-refractivity contribution in [2.75, 3.05) is 5.32 Å². The maximum absolute atomic E-state index is 11.1. The summed E-state index contributed by atoms with van der Waals surface area (Å²) < 4.78 is 0. The zero-order valence-corrected chi connectivity index (χ0v) is 12.3. The van der Waals surface area contributed by atoms with Crippen LogP contribution < -0.4 is 10.6 Å². The fraction of sp³-hybridized carbons (Fsp3) is 0.235. The van der Waals surface area contributed by atoms with Crippen molar-refractivity contribution in [2.45, 2.75) is 26.4 Å². The second-order valence-corrected chi connectivity index (χ2v) is 5.04. The number of para-hydroxylation sites is 1. The molecule has 0 saturated carbocycles. The molecule has 0 aliphatic rings. The van der Waals surface area contributed by atoms with Gasteiger partial charge in [-0.15, -0.1) is 0 Å². The summed E-state index contributed by atoms with van der Waals surface area (Å²) in [5, 5.41) is 15.9. The predicted molar refractivity (Wildman–Crippen MR) is 84.1 cm³/mol. The van der Waals surface area contributed by atoms with E-state index < -0.39 is 0 Å². The van der Waals surface area contributed by atoms with Crippen LogP contribution in [0.1, 0.15) is 31.0 Å². The third-order valence-corrected chi connectivity index (χ3v) is 3.30. The zero-order chi connectivity index (χ0) is 15.2. The summed E-state index contributed by atoms with van der Waals surface area (Å²) in [4.78, 5) is 11.1. The third kappa shape index (κ3) is 4.33. The van der Waals surface area contributed by atoms with Crippen LogP contribution in [0.4, 0.5) is 5.69 Å². The summed E-state index contributed by atoms with van der Waals surface area (Å²) in [6, 6.07) is 15.1. The van der Waals surface area contributed by atoms with Gasteiger partial charge in [0.25, 0.3) is 0 Å². The molecule has 1 amide bonds. The van der Waals surface area contributed by atoms with Gasteiger partial charge in [0.15, 0.2) is 0 Å². The molecule has 0 heterocycles. The van der Waals surface area contributed by atoms with Crippen LogP contribution in [0.3, 0.4) is 0 Å². The zero-order valence-electron chi connectivity index (χ0n) is 12.3. The highest BCUT2D eigenvalue weighted by atomic mass is 16.3. The Morgan fingerprint density at radius 3 is 2.67 bits per heavy atom. The number of aromatic hydroxyl groups is 1. The first-order chi connectivity index (χ1) is 10.1. The van der Waals surface area contributed by atoms with E-state index in [1.165, 1.54) is 6.92 Å². The Hall–Kier alpha value is -2.33. The lowest BCUT2D eigenvalue weighted by molar-refractivity contribution is -0.114. The summed E-state index contributed by atoms with van der Waals surface area (Å²) in [6.07, 6.45) is 0. The topological polar surface area (TPSA) is 61.4 Å². The van der Waals surface area contributed by atoms with Crippen molar-refractivity contribution in [1.29, 1.82) is 0 Å². The Bertz CT molecular complexity index is 626. The van der Waals surface area contributed by atoms with Gasteiger partial charge in [-0.2, -0.15) is 0 Å². The molecule has 0 aliphatic heterocycles. The highest BCUT2D eigenvalue weighted by Crippen LogP contribution is 2.20. The molecule has 4 heteroatoms. The van der Waals surface area contributed by atoms with Gasteiger partial charge in [0.1, 0.15) is 5.75 Å². The van der Waals surface area contributed by atoms with Crippen molar-refractivity contribution in [1.82, 2.24) is 5.32 Å². The second-order valence-electron chi connectivity index (χ2n) is 5.04. The van der Waals surface area contributed by atoms with E-state index in [4.69, 9.17) is 0 Å². The van der Waals surface area contributed by atoms with Crippen molar-refractivity contribution >= 4 is 11.6 Å². The van der Waals surface area contributed by atoms with E-state index in [0.29, 0.717) is 12.3 Å². The van der Waals surface area contributed by atoms with Gasteiger partial charge in [-0.25, -0.2) is 0 Å². The lowest BCUT2D eigenvalue weighted by Crippen LogP contribution is -2.18. The molecule has 0 spiro atoms. The van der Waals surface area contributed by atoms with Gasteiger partial charge < -0.3 is 15.7 Å². The van der Waals surface area contributed by atoms with Crippen LogP contribution in [0.15, 0.2) is 48.5 Å². The van der Waals surface area contributed by atoms with E-state index in [9.17, 15) is 9.90 Å². The van der Waals surface area contributed by atoms with E-state index >= 15 is 0 Å². The van der Waals surface area contributed by atoms with E-state index in [2.05, 4.69) is 10.6 Å². The lowest BCUT2D eigenvalue weighted by atomic mass is 10.1. The molecule has 2 aromatic rings. The average molecular weight is 284 g/mol. The maximum atomic E-state index is 11.1. The molecule has 110 valence electrons. The van der Waals surface area contributed by atoms with Crippen molar-refractivity contribution in [3.8, 4) is 5.75 Å². The summed E-state index contributed by atoms with van der Waals surface area (Å²) >= 11 is 0. The summed E-state index contributed by atoms with van der Waals surface area (Å²) in [6.45, 7) is 4.12. The van der Waals surface area contributed by atoms with Gasteiger partial charge in [0, 0.05) is 30.8 Å². The minimum absolute atomic E-state index is 0.0815. The number of phenols is 1. The molecule has 21 heavy (non-hydrogen) atoms. The van der Waals surface area contributed by atoms with Crippen molar-refractivity contribution in [2.24, 2.45) is 0 Å². The number of nitrogens with one attached hydrogen (secondary N) is 2. The van der Waals surface area contributed by atoms with Gasteiger partial charge in [0.2, 0.25) is 5.91 Å². The lowest BCUT2D eigenvalue weighted by Gasteiger charge is -2.16. The van der Waals surface area contributed by atoms with E-state index in [0.717, 1.165) is 16.8 Å². The fourth-order valence-corrected chi connectivity index (χ4v) is 2.13. The number of anilines is 1. The monoisotopic (exact) mass is 284 g/mol. The van der Waals surface area contributed by atoms with Gasteiger partial charge in [-0.05, 0) is 30.7 Å². The molecule has 1 unspecified atom stereocenters. The van der Waals surface area contributed by atoms with Crippen LogP contribution in [0.5, 0.6) is 5.75 Å². The molecule has 0 aliphatic carbocycles. The molecule has 0 aromatic heterocycles. The minimum Gasteiger partial charge on any atom is -0.508 e. The van der Waals surface area contributed by atoms with Crippen LogP contribution in [-0.2, 0) is 11.3 Å². The van der Waals surface area contributed by atoms with Crippen LogP contribution >= 0.6 is 0 Å². The van der Waals surface area contributed by atoms with Crippen LogP contribution in [0.25, 0.3) is 0 Å². The molecule has 1 atom stereocenters. The molecule has 0 bridgehead atoms. The normalized spacial score (nSPS) is 11.9. The first kappa shape index (κ1) is 15.1. The van der Waals surface area contributed by atoms with E-state index in [1.807, 2.05) is 43.3 Å². The highest BCUT2D eigenvalue weighted by molar-refractivity contribution is 5.88. The van der Waals surface area contributed by atoms with Gasteiger partial charge >= 0.3 is 0 Å². The Balaban J connectivity index is 2.01. The molecule has 0 radical (unpaired) electrons. The Labute approximate surface area is 124 Å². The van der Waals surface area contributed by atoms with Crippen LogP contribution in [0, 0.1) is 0 Å². The Morgan fingerprint density at radius 2 is 1.95 bits per heavy atom. The maximum Gasteiger partial charge on any atom is 0.221 e. The quantitative estimate of drug-likeness (QED) is 0.790. The number of rotatable bonds is 5. The summed E-state index contributed by atoms with van der Waals surface area (Å²) in [5.41, 5.74) is 2.73. The number of phenolic OH excluding ortho intramolecular Hbond substituents is 1. The number of hydrogen-bond donors (Lipinski definition) is 3. The number of benzene rings is 2. The number of hydrogen-bond acceptors (Lipinski definition) is 3. The molecule has 0 saturated heterocycles. The molecule has 3 N–H and O–H groups in total. The summed E-state index contributed by atoms with van der Waals surface area (Å²) in [5.74, 6) is 0.214. The first-order valence-corrected chi connectivity index (χ1v) is 6.94. The molecule has 0 fully saturated rings. The third-order valence-electron chi connectivity index (χ3n) is 3.30. The molecule has 2 aromatic carbocycles. The largest absolute Gasteiger partial charge is 0.508 e. The van der Waals surface area contributed by atoms with E-state index in [1.54, 1.807) is 12.1 Å². The second kappa shape index (κ2) is 6.90. The number of carbonyl (C=O) groups is 1. The fourth-order valence-electron chi connectivity index (χ4n) is 2.13. The van der Waals surface area contributed by atoms with Gasteiger partial charge in [-0.3, -0.25) is 4.79 Å². The Morgan fingerprint density at radius 1 is 1.19 bits per heavy atom. The molecule has 2 rings (SSSR count). The van der Waals surface area contributed by atoms with E-state index in [-0.39, 0.29) is 11.9 Å². The van der Waals surface area contributed by atoms with Gasteiger partial charge in [-0.1, -0.05) is 30.3 Å². The van der Waals surface area contributed by atoms with Gasteiger partial charge in [0.05, 0.1) is 0 Å². The minimum atomic E-state index is -0.0815. The van der Waals surface area contributed by atoms with Crippen LogP contribution in [0.2, 0.25) is 0 Å². The standard InChI is InChI=1S/C17H20N2O2/c1-12(18-11-15-6-3-4-9-17(15)21)14-7-5-8-16(10-14)19-13(2)20/h3-10,12,18,21H,11H2,1-2H3,(H,19,20). The average Bonchev–Trinajstić information content (AvgIpc) is 2.45. The van der Waals surface area contributed by atoms with Crippen LogP contribution in [-0.4, -0.2) is 11.0 Å². The smallest absolute Gasteiger partial charge is 0.221 e. The van der Waals surface area contributed by atoms with Crippen molar-refractivity contribution < 1.29 is 9.90 Å². The first-order valence-electron chi connectivity index (χ1n) is 6.94. The SMILES string of the molecule is CC(=O)Nc1cccc(C(C)NCc2ccccc2O)c1. The molecule has 4 nitrogen and oxygen atoms in total. The number of carbonyl (C=O) groups excluding carboxylic acids is 1. The molecular formula is C17H20N2O2.